The Morgan fingerprint density at radius 2 is 2.06 bits per heavy atom. The smallest absolute Gasteiger partial charge is 0.257 e. The quantitative estimate of drug-likeness (QED) is 0.754. The van der Waals surface area contributed by atoms with Crippen molar-refractivity contribution in [2.75, 3.05) is 13.2 Å². The predicted octanol–water partition coefficient (Wildman–Crippen LogP) is 2.99. The molecule has 0 bridgehead atoms. The Hall–Kier alpha value is -1.51. The molecule has 0 spiro atoms. The van der Waals surface area contributed by atoms with Crippen molar-refractivity contribution in [3.05, 3.63) is 29.3 Å². The largest absolute Gasteiger partial charge is 0.483 e. The second-order valence-corrected chi connectivity index (χ2v) is 4.54. The van der Waals surface area contributed by atoms with Crippen LogP contribution < -0.4 is 10.1 Å². The minimum atomic E-state index is -0.0491. The molecule has 0 heterocycles. The van der Waals surface area contributed by atoms with Crippen LogP contribution in [0.4, 0.5) is 0 Å². The van der Waals surface area contributed by atoms with Crippen molar-refractivity contribution < 1.29 is 9.53 Å². The van der Waals surface area contributed by atoms with E-state index in [-0.39, 0.29) is 12.5 Å². The van der Waals surface area contributed by atoms with Gasteiger partial charge in [-0.2, -0.15) is 0 Å². The van der Waals surface area contributed by atoms with Crippen LogP contribution in [0.15, 0.2) is 18.2 Å². The van der Waals surface area contributed by atoms with Gasteiger partial charge in [-0.3, -0.25) is 4.79 Å². The highest BCUT2D eigenvalue weighted by Gasteiger charge is 2.05. The maximum atomic E-state index is 11.5. The van der Waals surface area contributed by atoms with Crippen molar-refractivity contribution >= 4 is 5.91 Å². The van der Waals surface area contributed by atoms with E-state index >= 15 is 0 Å². The topological polar surface area (TPSA) is 38.3 Å². The summed E-state index contributed by atoms with van der Waals surface area (Å²) in [6, 6.07) is 5.87. The fraction of sp³-hybridized carbons (Fsp3) is 0.533. The van der Waals surface area contributed by atoms with Crippen molar-refractivity contribution in [3.8, 4) is 5.75 Å². The molecule has 0 aliphatic heterocycles. The van der Waals surface area contributed by atoms with Gasteiger partial charge in [-0.1, -0.05) is 31.9 Å². The van der Waals surface area contributed by atoms with Crippen molar-refractivity contribution in [1.29, 1.82) is 0 Å². The number of benzene rings is 1. The SMILES string of the molecule is CCCCCNC(=O)COc1cccc(C)c1C. The van der Waals surface area contributed by atoms with E-state index in [1.165, 1.54) is 5.56 Å². The van der Waals surface area contributed by atoms with Gasteiger partial charge < -0.3 is 10.1 Å². The van der Waals surface area contributed by atoms with E-state index in [0.29, 0.717) is 0 Å². The normalized spacial score (nSPS) is 10.2. The van der Waals surface area contributed by atoms with Gasteiger partial charge in [0.1, 0.15) is 5.75 Å². The summed E-state index contributed by atoms with van der Waals surface area (Å²) in [5.74, 6) is 0.741. The Morgan fingerprint density at radius 1 is 1.28 bits per heavy atom. The summed E-state index contributed by atoms with van der Waals surface area (Å²) in [4.78, 5) is 11.5. The van der Waals surface area contributed by atoms with E-state index in [4.69, 9.17) is 4.74 Å². The van der Waals surface area contributed by atoms with Crippen LogP contribution in [0, 0.1) is 13.8 Å². The number of carbonyl (C=O) groups is 1. The zero-order chi connectivity index (χ0) is 13.4. The fourth-order valence-corrected chi connectivity index (χ4v) is 1.68. The van der Waals surface area contributed by atoms with Crippen LogP contribution in [-0.2, 0) is 4.79 Å². The molecule has 1 N–H and O–H groups in total. The van der Waals surface area contributed by atoms with Gasteiger partial charge in [0.2, 0.25) is 0 Å². The van der Waals surface area contributed by atoms with Gasteiger partial charge >= 0.3 is 0 Å². The summed E-state index contributed by atoms with van der Waals surface area (Å²) in [5.41, 5.74) is 2.27. The Balaban J connectivity index is 2.32. The highest BCUT2D eigenvalue weighted by Crippen LogP contribution is 2.20. The van der Waals surface area contributed by atoms with Gasteiger partial charge in [0.15, 0.2) is 6.61 Å². The molecule has 0 aromatic heterocycles. The molecule has 1 aromatic rings. The molecule has 0 aliphatic carbocycles. The number of ether oxygens (including phenoxy) is 1. The Labute approximate surface area is 110 Å². The van der Waals surface area contributed by atoms with E-state index in [9.17, 15) is 4.79 Å². The first-order valence-corrected chi connectivity index (χ1v) is 6.61. The Morgan fingerprint density at radius 3 is 2.78 bits per heavy atom. The zero-order valence-corrected chi connectivity index (χ0v) is 11.6. The third-order valence-corrected chi connectivity index (χ3v) is 3.02. The van der Waals surface area contributed by atoms with E-state index < -0.39 is 0 Å². The fourth-order valence-electron chi connectivity index (χ4n) is 1.68. The van der Waals surface area contributed by atoms with E-state index in [0.717, 1.165) is 37.1 Å². The average Bonchev–Trinajstić information content (AvgIpc) is 2.36. The lowest BCUT2D eigenvalue weighted by Crippen LogP contribution is -2.29. The molecule has 0 unspecified atom stereocenters. The molecule has 0 radical (unpaired) electrons. The summed E-state index contributed by atoms with van der Waals surface area (Å²) in [6.45, 7) is 7.02. The minimum Gasteiger partial charge on any atom is -0.483 e. The molecule has 0 atom stereocenters. The van der Waals surface area contributed by atoms with Crippen LogP contribution in [0.25, 0.3) is 0 Å². The van der Waals surface area contributed by atoms with E-state index in [2.05, 4.69) is 12.2 Å². The number of hydrogen-bond acceptors (Lipinski definition) is 2. The predicted molar refractivity (Wildman–Crippen MR) is 73.9 cm³/mol. The number of carbonyl (C=O) groups excluding carboxylic acids is 1. The van der Waals surface area contributed by atoms with Gasteiger partial charge in [-0.15, -0.1) is 0 Å². The number of nitrogens with one attached hydrogen (secondary N) is 1. The number of hydrogen-bond donors (Lipinski definition) is 1. The number of aryl methyl sites for hydroxylation is 1. The molecule has 1 amide bonds. The minimum absolute atomic E-state index is 0.0491. The number of amides is 1. The lowest BCUT2D eigenvalue weighted by Gasteiger charge is -2.10. The van der Waals surface area contributed by atoms with Crippen LogP contribution in [0.3, 0.4) is 0 Å². The maximum absolute atomic E-state index is 11.5. The molecule has 100 valence electrons. The van der Waals surface area contributed by atoms with Crippen molar-refractivity contribution in [2.24, 2.45) is 0 Å². The van der Waals surface area contributed by atoms with Crippen molar-refractivity contribution in [3.63, 3.8) is 0 Å². The van der Waals surface area contributed by atoms with E-state index in [1.54, 1.807) is 0 Å². The third-order valence-electron chi connectivity index (χ3n) is 3.02. The second kappa shape index (κ2) is 7.75. The standard InChI is InChI=1S/C15H23NO2/c1-4-5-6-10-16-15(17)11-18-14-9-7-8-12(2)13(14)3/h7-9H,4-6,10-11H2,1-3H3,(H,16,17). The monoisotopic (exact) mass is 249 g/mol. The number of unbranched alkanes of at least 4 members (excludes halogenated alkanes) is 2. The first kappa shape index (κ1) is 14.6. The van der Waals surface area contributed by atoms with Gasteiger partial charge in [0.25, 0.3) is 5.91 Å². The molecule has 3 heteroatoms. The van der Waals surface area contributed by atoms with Crippen LogP contribution in [0.2, 0.25) is 0 Å². The average molecular weight is 249 g/mol. The lowest BCUT2D eigenvalue weighted by atomic mass is 10.1. The Kier molecular flexibility index (Phi) is 6.26. The van der Waals surface area contributed by atoms with Crippen LogP contribution in [0.1, 0.15) is 37.3 Å². The van der Waals surface area contributed by atoms with Gasteiger partial charge in [-0.05, 0) is 37.5 Å². The van der Waals surface area contributed by atoms with Gasteiger partial charge in [-0.25, -0.2) is 0 Å². The van der Waals surface area contributed by atoms with Crippen molar-refractivity contribution in [1.82, 2.24) is 5.32 Å². The lowest BCUT2D eigenvalue weighted by molar-refractivity contribution is -0.123. The van der Waals surface area contributed by atoms with E-state index in [1.807, 2.05) is 32.0 Å². The second-order valence-electron chi connectivity index (χ2n) is 4.54. The molecule has 0 aliphatic rings. The Bertz CT molecular complexity index is 388. The zero-order valence-electron chi connectivity index (χ0n) is 11.6. The molecule has 0 saturated heterocycles. The highest BCUT2D eigenvalue weighted by molar-refractivity contribution is 5.77. The summed E-state index contributed by atoms with van der Waals surface area (Å²) < 4.78 is 5.52. The summed E-state index contributed by atoms with van der Waals surface area (Å²) >= 11 is 0. The van der Waals surface area contributed by atoms with Gasteiger partial charge in [0.05, 0.1) is 0 Å². The molecular formula is C15H23NO2. The highest BCUT2D eigenvalue weighted by atomic mass is 16.5. The summed E-state index contributed by atoms with van der Waals surface area (Å²) in [7, 11) is 0. The molecule has 0 fully saturated rings. The first-order valence-electron chi connectivity index (χ1n) is 6.61. The third kappa shape index (κ3) is 4.78. The van der Waals surface area contributed by atoms with Crippen LogP contribution in [0.5, 0.6) is 5.75 Å². The van der Waals surface area contributed by atoms with Crippen LogP contribution in [-0.4, -0.2) is 19.1 Å². The molecule has 0 saturated carbocycles. The summed E-state index contributed by atoms with van der Waals surface area (Å²) in [6.07, 6.45) is 3.35. The molecule has 1 rings (SSSR count). The molecule has 1 aromatic carbocycles. The van der Waals surface area contributed by atoms with Crippen LogP contribution >= 0.6 is 0 Å². The van der Waals surface area contributed by atoms with Crippen molar-refractivity contribution in [2.45, 2.75) is 40.0 Å². The maximum Gasteiger partial charge on any atom is 0.257 e. The van der Waals surface area contributed by atoms with Gasteiger partial charge in [0, 0.05) is 6.54 Å². The summed E-state index contributed by atoms with van der Waals surface area (Å²) in [5, 5.41) is 2.86. The molecule has 18 heavy (non-hydrogen) atoms. The number of rotatable bonds is 7. The first-order chi connectivity index (χ1) is 8.65. The molecule has 3 nitrogen and oxygen atoms in total. The molecular weight excluding hydrogens is 226 g/mol.